The Morgan fingerprint density at radius 3 is 3.00 bits per heavy atom. The van der Waals surface area contributed by atoms with Gasteiger partial charge in [0.15, 0.2) is 5.13 Å². The third kappa shape index (κ3) is 4.44. The summed E-state index contributed by atoms with van der Waals surface area (Å²) in [6.07, 6.45) is 0. The van der Waals surface area contributed by atoms with Crippen molar-refractivity contribution in [2.24, 2.45) is 5.92 Å². The van der Waals surface area contributed by atoms with E-state index in [1.165, 1.54) is 0 Å². The predicted molar refractivity (Wildman–Crippen MR) is 80.9 cm³/mol. The summed E-state index contributed by atoms with van der Waals surface area (Å²) in [6.45, 7) is 13.3. The molecule has 0 aromatic carbocycles. The van der Waals surface area contributed by atoms with Crippen LogP contribution in [-0.4, -0.2) is 36.8 Å². The van der Waals surface area contributed by atoms with Gasteiger partial charge < -0.3 is 15.0 Å². The fourth-order valence-corrected chi connectivity index (χ4v) is 3.04. The average Bonchev–Trinajstić information content (AvgIpc) is 2.76. The van der Waals surface area contributed by atoms with Crippen molar-refractivity contribution in [2.75, 3.05) is 31.1 Å². The lowest BCUT2D eigenvalue weighted by atomic mass is 10.1. The molecule has 108 valence electrons. The molecule has 1 N–H and O–H groups in total. The first kappa shape index (κ1) is 14.8. The zero-order valence-electron chi connectivity index (χ0n) is 12.4. The van der Waals surface area contributed by atoms with E-state index in [9.17, 15) is 0 Å². The first-order valence-electron chi connectivity index (χ1n) is 7.00. The van der Waals surface area contributed by atoms with Gasteiger partial charge in [-0.1, -0.05) is 13.8 Å². The second-order valence-electron chi connectivity index (χ2n) is 6.18. The number of morpholine rings is 1. The molecule has 0 spiro atoms. The third-order valence-corrected chi connectivity index (χ3v) is 4.04. The third-order valence-electron chi connectivity index (χ3n) is 3.09. The zero-order chi connectivity index (χ0) is 13.9. The summed E-state index contributed by atoms with van der Waals surface area (Å²) in [5, 5.41) is 6.72. The first-order chi connectivity index (χ1) is 8.96. The monoisotopic (exact) mass is 283 g/mol. The molecule has 2 rings (SSSR count). The van der Waals surface area contributed by atoms with Gasteiger partial charge in [-0.25, -0.2) is 4.98 Å². The van der Waals surface area contributed by atoms with Crippen molar-refractivity contribution in [3.63, 3.8) is 0 Å². The summed E-state index contributed by atoms with van der Waals surface area (Å²) < 4.78 is 5.74. The van der Waals surface area contributed by atoms with Gasteiger partial charge in [0.25, 0.3) is 0 Å². The molecule has 0 aliphatic carbocycles. The Morgan fingerprint density at radius 2 is 2.32 bits per heavy atom. The van der Waals surface area contributed by atoms with Crippen molar-refractivity contribution in [3.8, 4) is 0 Å². The lowest BCUT2D eigenvalue weighted by molar-refractivity contribution is -0.0277. The van der Waals surface area contributed by atoms with Crippen LogP contribution in [0.4, 0.5) is 5.13 Å². The normalized spacial score (nSPS) is 19.1. The van der Waals surface area contributed by atoms with Crippen LogP contribution in [0.2, 0.25) is 0 Å². The van der Waals surface area contributed by atoms with Crippen LogP contribution in [0.15, 0.2) is 5.38 Å². The van der Waals surface area contributed by atoms with E-state index in [-0.39, 0.29) is 5.60 Å². The number of hydrogen-bond donors (Lipinski definition) is 1. The van der Waals surface area contributed by atoms with Crippen LogP contribution < -0.4 is 10.2 Å². The summed E-state index contributed by atoms with van der Waals surface area (Å²) in [4.78, 5) is 7.06. The van der Waals surface area contributed by atoms with Gasteiger partial charge in [0, 0.05) is 25.0 Å². The van der Waals surface area contributed by atoms with Crippen molar-refractivity contribution < 1.29 is 4.74 Å². The van der Waals surface area contributed by atoms with Gasteiger partial charge in [0.1, 0.15) is 0 Å². The average molecular weight is 283 g/mol. The Kier molecular flexibility index (Phi) is 4.81. The van der Waals surface area contributed by atoms with E-state index in [1.807, 2.05) is 0 Å². The van der Waals surface area contributed by atoms with Crippen LogP contribution >= 0.6 is 11.3 Å². The van der Waals surface area contributed by atoms with Crippen molar-refractivity contribution >= 4 is 16.5 Å². The van der Waals surface area contributed by atoms with Crippen molar-refractivity contribution in [3.05, 3.63) is 11.1 Å². The SMILES string of the molecule is CC(C)CNCc1csc(N2CCOC(C)(C)C2)n1. The summed E-state index contributed by atoms with van der Waals surface area (Å²) >= 11 is 1.73. The van der Waals surface area contributed by atoms with Crippen molar-refractivity contribution in [2.45, 2.75) is 39.8 Å². The molecule has 1 aromatic heterocycles. The fraction of sp³-hybridized carbons (Fsp3) is 0.786. The highest BCUT2D eigenvalue weighted by atomic mass is 32.1. The molecular weight excluding hydrogens is 258 g/mol. The van der Waals surface area contributed by atoms with E-state index in [2.05, 4.69) is 43.3 Å². The Bertz CT molecular complexity index is 403. The molecule has 1 aliphatic heterocycles. The number of thiazole rings is 1. The maximum Gasteiger partial charge on any atom is 0.185 e. The Hall–Kier alpha value is -0.650. The maximum atomic E-state index is 5.74. The Labute approximate surface area is 120 Å². The van der Waals surface area contributed by atoms with E-state index in [1.54, 1.807) is 11.3 Å². The summed E-state index contributed by atoms with van der Waals surface area (Å²) in [5.41, 5.74) is 1.07. The lowest BCUT2D eigenvalue weighted by Gasteiger charge is -2.37. The number of ether oxygens (including phenoxy) is 1. The van der Waals surface area contributed by atoms with Gasteiger partial charge >= 0.3 is 0 Å². The second-order valence-corrected chi connectivity index (χ2v) is 7.01. The summed E-state index contributed by atoms with van der Waals surface area (Å²) in [6, 6.07) is 0. The molecule has 5 heteroatoms. The second kappa shape index (κ2) is 6.20. The van der Waals surface area contributed by atoms with Crippen LogP contribution in [-0.2, 0) is 11.3 Å². The predicted octanol–water partition coefficient (Wildman–Crippen LogP) is 2.50. The Balaban J connectivity index is 1.89. The lowest BCUT2D eigenvalue weighted by Crippen LogP contribution is -2.48. The molecule has 0 unspecified atom stereocenters. The molecule has 2 heterocycles. The van der Waals surface area contributed by atoms with Crippen LogP contribution in [0.5, 0.6) is 0 Å². The number of nitrogens with one attached hydrogen (secondary N) is 1. The molecule has 0 saturated carbocycles. The minimum absolute atomic E-state index is 0.0695. The largest absolute Gasteiger partial charge is 0.372 e. The van der Waals surface area contributed by atoms with Gasteiger partial charge in [-0.15, -0.1) is 11.3 Å². The molecule has 1 saturated heterocycles. The Morgan fingerprint density at radius 1 is 1.53 bits per heavy atom. The van der Waals surface area contributed by atoms with Crippen LogP contribution in [0.3, 0.4) is 0 Å². The van der Waals surface area contributed by atoms with E-state index in [0.717, 1.165) is 43.6 Å². The van der Waals surface area contributed by atoms with Crippen LogP contribution in [0.1, 0.15) is 33.4 Å². The number of hydrogen-bond acceptors (Lipinski definition) is 5. The molecule has 0 atom stereocenters. The smallest absolute Gasteiger partial charge is 0.185 e. The van der Waals surface area contributed by atoms with Gasteiger partial charge in [0.2, 0.25) is 0 Å². The van der Waals surface area contributed by atoms with Gasteiger partial charge in [-0.05, 0) is 26.3 Å². The highest BCUT2D eigenvalue weighted by Gasteiger charge is 2.28. The summed E-state index contributed by atoms with van der Waals surface area (Å²) in [5.74, 6) is 0.679. The zero-order valence-corrected chi connectivity index (χ0v) is 13.2. The van der Waals surface area contributed by atoms with Gasteiger partial charge in [0.05, 0.1) is 17.9 Å². The van der Waals surface area contributed by atoms with E-state index in [0.29, 0.717) is 5.92 Å². The highest BCUT2D eigenvalue weighted by molar-refractivity contribution is 7.13. The van der Waals surface area contributed by atoms with Gasteiger partial charge in [-0.2, -0.15) is 0 Å². The molecule has 19 heavy (non-hydrogen) atoms. The molecule has 0 radical (unpaired) electrons. The van der Waals surface area contributed by atoms with Crippen LogP contribution in [0.25, 0.3) is 0 Å². The van der Waals surface area contributed by atoms with E-state index in [4.69, 9.17) is 9.72 Å². The molecular formula is C14H25N3OS. The van der Waals surface area contributed by atoms with Crippen molar-refractivity contribution in [1.82, 2.24) is 10.3 Å². The van der Waals surface area contributed by atoms with E-state index >= 15 is 0 Å². The fourth-order valence-electron chi connectivity index (χ4n) is 2.19. The first-order valence-corrected chi connectivity index (χ1v) is 7.88. The molecule has 1 aliphatic rings. The number of rotatable bonds is 5. The minimum atomic E-state index is -0.0695. The van der Waals surface area contributed by atoms with E-state index < -0.39 is 0 Å². The molecule has 1 fully saturated rings. The molecule has 1 aromatic rings. The molecule has 0 amide bonds. The van der Waals surface area contributed by atoms with Crippen molar-refractivity contribution in [1.29, 1.82) is 0 Å². The molecule has 4 nitrogen and oxygen atoms in total. The standard InChI is InChI=1S/C14H25N3OS/c1-11(2)7-15-8-12-9-19-13(16-12)17-5-6-18-14(3,4)10-17/h9,11,15H,5-8,10H2,1-4H3. The molecule has 0 bridgehead atoms. The summed E-state index contributed by atoms with van der Waals surface area (Å²) in [7, 11) is 0. The number of nitrogens with zero attached hydrogens (tertiary/aromatic N) is 2. The van der Waals surface area contributed by atoms with Crippen LogP contribution in [0, 0.1) is 5.92 Å². The topological polar surface area (TPSA) is 37.4 Å². The highest BCUT2D eigenvalue weighted by Crippen LogP contribution is 2.26. The minimum Gasteiger partial charge on any atom is -0.372 e. The maximum absolute atomic E-state index is 5.74. The number of aromatic nitrogens is 1. The quantitative estimate of drug-likeness (QED) is 0.901. The number of anilines is 1. The van der Waals surface area contributed by atoms with Gasteiger partial charge in [-0.3, -0.25) is 0 Å².